The van der Waals surface area contributed by atoms with Gasteiger partial charge in [0.1, 0.15) is 11.4 Å². The molecule has 0 unspecified atom stereocenters. The molecule has 2 heterocycles. The van der Waals surface area contributed by atoms with Crippen molar-refractivity contribution in [2.24, 2.45) is 0 Å². The molecule has 2 aromatic heterocycles. The molecule has 0 saturated carbocycles. The van der Waals surface area contributed by atoms with Crippen LogP contribution in [0, 0.1) is 0 Å². The van der Waals surface area contributed by atoms with E-state index in [2.05, 4.69) is 18.8 Å². The average Bonchev–Trinajstić information content (AvgIpc) is 2.89. The molecule has 4 heteroatoms. The third-order valence-corrected chi connectivity index (χ3v) is 7.30. The maximum absolute atomic E-state index is 12.5. The molecule has 0 N–H and O–H groups in total. The van der Waals surface area contributed by atoms with Crippen LogP contribution in [0.4, 0.5) is 0 Å². The fourth-order valence-electron chi connectivity index (χ4n) is 4.99. The second-order valence-corrected chi connectivity index (χ2v) is 10.6. The summed E-state index contributed by atoms with van der Waals surface area (Å²) in [6.45, 7) is 6.03. The average molecular weight is 499 g/mol. The van der Waals surface area contributed by atoms with E-state index in [0.717, 1.165) is 42.8 Å². The molecule has 0 aliphatic carbocycles. The number of fused-ring (bicyclic) bond motifs is 1. The zero-order valence-corrected chi connectivity index (χ0v) is 23.6. The predicted molar refractivity (Wildman–Crippen MR) is 155 cm³/mol. The van der Waals surface area contributed by atoms with Gasteiger partial charge in [-0.3, -0.25) is 9.36 Å². The Labute approximate surface area is 221 Å². The molecular formula is C32H54N2O2. The molecule has 0 bridgehead atoms. The number of rotatable bonds is 23. The summed E-state index contributed by atoms with van der Waals surface area (Å²) in [6.07, 6.45) is 28.0. The van der Waals surface area contributed by atoms with Gasteiger partial charge >= 0.3 is 0 Å². The van der Waals surface area contributed by atoms with Crippen LogP contribution >= 0.6 is 0 Å². The van der Waals surface area contributed by atoms with E-state index in [-0.39, 0.29) is 5.56 Å². The molecule has 36 heavy (non-hydrogen) atoms. The van der Waals surface area contributed by atoms with Crippen LogP contribution in [-0.2, 0) is 6.54 Å². The van der Waals surface area contributed by atoms with E-state index in [1.807, 2.05) is 16.7 Å². The molecule has 0 aliphatic rings. The number of pyridine rings is 2. The normalized spacial score (nSPS) is 11.4. The van der Waals surface area contributed by atoms with Gasteiger partial charge in [-0.15, -0.1) is 0 Å². The zero-order chi connectivity index (χ0) is 25.7. The van der Waals surface area contributed by atoms with Gasteiger partial charge < -0.3 is 4.74 Å². The van der Waals surface area contributed by atoms with E-state index < -0.39 is 0 Å². The van der Waals surface area contributed by atoms with Gasteiger partial charge in [0, 0.05) is 18.0 Å². The van der Waals surface area contributed by atoms with Crippen LogP contribution in [0.2, 0.25) is 0 Å². The minimum absolute atomic E-state index is 0.0463. The van der Waals surface area contributed by atoms with E-state index in [9.17, 15) is 4.79 Å². The minimum atomic E-state index is 0.0463. The molecule has 0 atom stereocenters. The first-order chi connectivity index (χ1) is 17.8. The summed E-state index contributed by atoms with van der Waals surface area (Å²) in [7, 11) is 0. The number of hydrogen-bond acceptors (Lipinski definition) is 3. The predicted octanol–water partition coefficient (Wildman–Crippen LogP) is 9.62. The highest BCUT2D eigenvalue weighted by Crippen LogP contribution is 2.19. The first-order valence-electron chi connectivity index (χ1n) is 15.4. The maximum atomic E-state index is 12.5. The van der Waals surface area contributed by atoms with Gasteiger partial charge in [0.2, 0.25) is 0 Å². The molecular weight excluding hydrogens is 444 g/mol. The van der Waals surface area contributed by atoms with Crippen LogP contribution in [0.1, 0.15) is 142 Å². The monoisotopic (exact) mass is 498 g/mol. The Morgan fingerprint density at radius 2 is 1.17 bits per heavy atom. The van der Waals surface area contributed by atoms with Crippen LogP contribution < -0.4 is 10.3 Å². The van der Waals surface area contributed by atoms with Crippen LogP contribution in [0.5, 0.6) is 5.75 Å². The van der Waals surface area contributed by atoms with Gasteiger partial charge in [-0.25, -0.2) is 4.98 Å². The van der Waals surface area contributed by atoms with Crippen LogP contribution in [-0.4, -0.2) is 16.2 Å². The van der Waals surface area contributed by atoms with Gasteiger partial charge in [0.15, 0.2) is 0 Å². The molecule has 204 valence electrons. The van der Waals surface area contributed by atoms with Gasteiger partial charge in [-0.2, -0.15) is 0 Å². The lowest BCUT2D eigenvalue weighted by atomic mass is 10.1. The molecule has 0 aromatic carbocycles. The minimum Gasteiger partial charge on any atom is -0.492 e. The second-order valence-electron chi connectivity index (χ2n) is 10.6. The Bertz CT molecular complexity index is 861. The van der Waals surface area contributed by atoms with Crippen molar-refractivity contribution in [1.29, 1.82) is 0 Å². The number of nitrogens with zero attached hydrogens (tertiary/aromatic N) is 2. The first-order valence-corrected chi connectivity index (χ1v) is 15.4. The Morgan fingerprint density at radius 3 is 1.72 bits per heavy atom. The van der Waals surface area contributed by atoms with Crippen molar-refractivity contribution in [3.8, 4) is 5.75 Å². The van der Waals surface area contributed by atoms with E-state index >= 15 is 0 Å². The third-order valence-electron chi connectivity index (χ3n) is 7.30. The summed E-state index contributed by atoms with van der Waals surface area (Å²) in [4.78, 5) is 17.1. The SMILES string of the molecule is CCCCCCCCCCCCOc1cnc2c(ccc(=O)n2CCCCCCCCCCCC)c1. The van der Waals surface area contributed by atoms with Crippen LogP contribution in [0.15, 0.2) is 29.2 Å². The Balaban J connectivity index is 1.64. The number of hydrogen-bond donors (Lipinski definition) is 0. The molecule has 0 radical (unpaired) electrons. The fourth-order valence-corrected chi connectivity index (χ4v) is 4.99. The number of ether oxygens (including phenoxy) is 1. The molecule has 2 aromatic rings. The number of unbranched alkanes of at least 4 members (excludes halogenated alkanes) is 18. The summed E-state index contributed by atoms with van der Waals surface area (Å²) in [5, 5.41) is 0.988. The summed E-state index contributed by atoms with van der Waals surface area (Å²) in [5.74, 6) is 0.808. The van der Waals surface area contributed by atoms with Gasteiger partial charge in [-0.05, 0) is 25.0 Å². The summed E-state index contributed by atoms with van der Waals surface area (Å²) in [6, 6.07) is 5.59. The second kappa shape index (κ2) is 20.2. The van der Waals surface area contributed by atoms with Crippen LogP contribution in [0.3, 0.4) is 0 Å². The van der Waals surface area contributed by atoms with Crippen molar-refractivity contribution >= 4 is 11.0 Å². The van der Waals surface area contributed by atoms with Crippen molar-refractivity contribution < 1.29 is 4.74 Å². The van der Waals surface area contributed by atoms with Crippen molar-refractivity contribution in [2.45, 2.75) is 149 Å². The topological polar surface area (TPSA) is 44.1 Å². The summed E-state index contributed by atoms with van der Waals surface area (Å²) >= 11 is 0. The molecule has 0 spiro atoms. The van der Waals surface area contributed by atoms with E-state index in [0.29, 0.717) is 0 Å². The maximum Gasteiger partial charge on any atom is 0.252 e. The smallest absolute Gasteiger partial charge is 0.252 e. The standard InChI is InChI=1S/C32H54N2O2/c1-3-5-7-9-11-13-15-17-19-21-25-34-31(35)24-23-29-27-30(28-33-32(29)34)36-26-22-20-18-16-14-12-10-8-6-4-2/h23-24,27-28H,3-22,25-26H2,1-2H3. The lowest BCUT2D eigenvalue weighted by molar-refractivity contribution is 0.303. The number of aryl methyl sites for hydroxylation is 1. The fraction of sp³-hybridized carbons (Fsp3) is 0.750. The first kappa shape index (κ1) is 30.4. The largest absolute Gasteiger partial charge is 0.492 e. The quantitative estimate of drug-likeness (QED) is 0.143. The van der Waals surface area contributed by atoms with Crippen molar-refractivity contribution in [1.82, 2.24) is 9.55 Å². The molecule has 0 aliphatic heterocycles. The Kier molecular flexibility index (Phi) is 17.1. The van der Waals surface area contributed by atoms with E-state index in [1.54, 1.807) is 12.3 Å². The molecule has 0 fully saturated rings. The van der Waals surface area contributed by atoms with Gasteiger partial charge in [-0.1, -0.05) is 129 Å². The van der Waals surface area contributed by atoms with E-state index in [1.165, 1.54) is 116 Å². The zero-order valence-electron chi connectivity index (χ0n) is 23.6. The van der Waals surface area contributed by atoms with Gasteiger partial charge in [0.05, 0.1) is 12.8 Å². The Hall–Kier alpha value is -1.84. The third kappa shape index (κ3) is 12.9. The molecule has 2 rings (SSSR count). The van der Waals surface area contributed by atoms with Crippen molar-refractivity contribution in [3.05, 3.63) is 34.7 Å². The highest BCUT2D eigenvalue weighted by atomic mass is 16.5. The highest BCUT2D eigenvalue weighted by molar-refractivity contribution is 5.76. The summed E-state index contributed by atoms with van der Waals surface area (Å²) < 4.78 is 7.81. The van der Waals surface area contributed by atoms with E-state index in [4.69, 9.17) is 4.74 Å². The summed E-state index contributed by atoms with van der Waals surface area (Å²) in [5.41, 5.74) is 0.828. The molecule has 0 saturated heterocycles. The highest BCUT2D eigenvalue weighted by Gasteiger charge is 2.06. The van der Waals surface area contributed by atoms with Crippen LogP contribution in [0.25, 0.3) is 11.0 Å². The molecule has 4 nitrogen and oxygen atoms in total. The lowest BCUT2D eigenvalue weighted by Gasteiger charge is -2.11. The van der Waals surface area contributed by atoms with Gasteiger partial charge in [0.25, 0.3) is 5.56 Å². The molecule has 0 amide bonds. The van der Waals surface area contributed by atoms with Crippen molar-refractivity contribution in [3.63, 3.8) is 0 Å². The Morgan fingerprint density at radius 1 is 0.667 bits per heavy atom. The van der Waals surface area contributed by atoms with Crippen molar-refractivity contribution in [2.75, 3.05) is 6.61 Å². The lowest BCUT2D eigenvalue weighted by Crippen LogP contribution is -2.20. The number of aromatic nitrogens is 2.